The van der Waals surface area contributed by atoms with Gasteiger partial charge in [0.1, 0.15) is 11.6 Å². The van der Waals surface area contributed by atoms with Crippen LogP contribution in [0.15, 0.2) is 36.3 Å². The summed E-state index contributed by atoms with van der Waals surface area (Å²) in [5.74, 6) is -2.80. The number of carbonyl (C=O) groups excluding carboxylic acids is 5. The summed E-state index contributed by atoms with van der Waals surface area (Å²) in [6.45, 7) is 3.26. The van der Waals surface area contributed by atoms with Gasteiger partial charge in [-0.05, 0) is 56.1 Å². The number of ether oxygens (including phenoxy) is 2. The number of ketones is 2. The van der Waals surface area contributed by atoms with Gasteiger partial charge in [0, 0.05) is 41.5 Å². The van der Waals surface area contributed by atoms with E-state index >= 15 is 0 Å². The molecule has 3 saturated carbocycles. The fraction of sp³-hybridized carbons (Fsp3) is 0.625. The lowest BCUT2D eigenvalue weighted by Crippen LogP contribution is -2.61. The van der Waals surface area contributed by atoms with Gasteiger partial charge in [0.15, 0.2) is 12.4 Å². The highest BCUT2D eigenvalue weighted by Gasteiger charge is 2.68. The maximum atomic E-state index is 13.5. The van der Waals surface area contributed by atoms with Crippen LogP contribution in [0.1, 0.15) is 64.5 Å². The molecule has 0 saturated heterocycles. The molecule has 0 bridgehead atoms. The number of nitrogens with zero attached hydrogens (tertiary/aromatic N) is 1. The van der Waals surface area contributed by atoms with Crippen LogP contribution in [0.2, 0.25) is 0 Å². The van der Waals surface area contributed by atoms with Crippen molar-refractivity contribution in [3.05, 3.63) is 42.0 Å². The van der Waals surface area contributed by atoms with E-state index in [1.807, 2.05) is 13.0 Å². The van der Waals surface area contributed by atoms with Crippen molar-refractivity contribution in [2.45, 2.75) is 83.0 Å². The summed E-state index contributed by atoms with van der Waals surface area (Å²) in [4.78, 5) is 69.3. The molecule has 44 heavy (non-hydrogen) atoms. The summed E-state index contributed by atoms with van der Waals surface area (Å²) in [5, 5.41) is 25.9. The van der Waals surface area contributed by atoms with E-state index in [4.69, 9.17) is 9.47 Å². The summed E-state index contributed by atoms with van der Waals surface area (Å²) in [5.41, 5.74) is -1.52. The van der Waals surface area contributed by atoms with Crippen molar-refractivity contribution in [1.82, 2.24) is 15.3 Å². The van der Waals surface area contributed by atoms with Crippen LogP contribution >= 0.6 is 0 Å². The number of aliphatic hydroxyl groups is 2. The van der Waals surface area contributed by atoms with Crippen molar-refractivity contribution >= 4 is 29.4 Å². The Bertz CT molecular complexity index is 1390. The smallest absolute Gasteiger partial charge is 0.328 e. The summed E-state index contributed by atoms with van der Waals surface area (Å²) < 4.78 is 9.95. The summed E-state index contributed by atoms with van der Waals surface area (Å²) in [6, 6.07) is -0.979. The van der Waals surface area contributed by atoms with Crippen molar-refractivity contribution in [2.24, 2.45) is 28.6 Å². The summed E-state index contributed by atoms with van der Waals surface area (Å²) in [6.07, 6.45) is 9.31. The number of imidazole rings is 1. The third kappa shape index (κ3) is 5.53. The highest BCUT2D eigenvalue weighted by atomic mass is 16.5. The van der Waals surface area contributed by atoms with E-state index in [0.717, 1.165) is 12.0 Å². The zero-order chi connectivity index (χ0) is 31.9. The van der Waals surface area contributed by atoms with Crippen molar-refractivity contribution < 1.29 is 43.7 Å². The molecule has 0 spiro atoms. The first-order chi connectivity index (χ1) is 20.8. The second-order valence-electron chi connectivity index (χ2n) is 13.1. The number of fused-ring (bicyclic) bond motifs is 5. The Morgan fingerprint density at radius 2 is 1.98 bits per heavy atom. The van der Waals surface area contributed by atoms with Gasteiger partial charge in [0.05, 0.1) is 26.0 Å². The molecular weight excluding hydrogens is 570 g/mol. The zero-order valence-corrected chi connectivity index (χ0v) is 25.3. The first kappa shape index (κ1) is 31.8. The maximum Gasteiger partial charge on any atom is 0.328 e. The molecule has 1 aromatic rings. The number of hydrogen-bond acceptors (Lipinski definition) is 10. The zero-order valence-electron chi connectivity index (χ0n) is 25.3. The fourth-order valence-electron chi connectivity index (χ4n) is 8.56. The second kappa shape index (κ2) is 12.0. The van der Waals surface area contributed by atoms with Crippen molar-refractivity contribution in [3.8, 4) is 0 Å². The fourth-order valence-corrected chi connectivity index (χ4v) is 8.56. The number of aromatic amines is 1. The number of Topliss-reactive ketones (excluding diaryl/α,β-unsaturated/α-hetero) is 1. The SMILES string of the molecule is COC(=O)C(Cc1cnc[nH]1)NC(=O)CCC(=O)OCC(=O)[C@]1(O)CCC2C3CCC4=CC(=O)C=C[C@]4(C)C3C(O)C[C@@]21C. The average Bonchev–Trinajstić information content (AvgIpc) is 3.60. The van der Waals surface area contributed by atoms with Crippen LogP contribution in [0.3, 0.4) is 0 Å². The quantitative estimate of drug-likeness (QED) is 0.283. The van der Waals surface area contributed by atoms with Crippen molar-refractivity contribution in [3.63, 3.8) is 0 Å². The Kier molecular flexibility index (Phi) is 8.69. The molecule has 0 radical (unpaired) electrons. The Morgan fingerprint density at radius 3 is 2.68 bits per heavy atom. The van der Waals surface area contributed by atoms with Crippen LogP contribution in [0, 0.1) is 28.6 Å². The van der Waals surface area contributed by atoms with Gasteiger partial charge in [0.2, 0.25) is 11.7 Å². The van der Waals surface area contributed by atoms with Gasteiger partial charge in [-0.1, -0.05) is 25.5 Å². The largest absolute Gasteiger partial charge is 0.467 e. The minimum atomic E-state index is -1.78. The molecule has 4 N–H and O–H groups in total. The molecule has 8 atom stereocenters. The Morgan fingerprint density at radius 1 is 1.20 bits per heavy atom. The molecule has 1 heterocycles. The van der Waals surface area contributed by atoms with E-state index in [0.29, 0.717) is 18.5 Å². The lowest BCUT2D eigenvalue weighted by atomic mass is 9.46. The molecule has 12 heteroatoms. The normalized spacial score (nSPS) is 34.6. The Balaban J connectivity index is 1.17. The molecule has 4 aliphatic carbocycles. The van der Waals surface area contributed by atoms with Gasteiger partial charge in [-0.2, -0.15) is 0 Å². The van der Waals surface area contributed by atoms with E-state index in [2.05, 4.69) is 22.2 Å². The van der Waals surface area contributed by atoms with Crippen LogP contribution in [-0.2, 0) is 39.9 Å². The highest BCUT2D eigenvalue weighted by Crippen LogP contribution is 2.67. The first-order valence-electron chi connectivity index (χ1n) is 15.2. The first-order valence-corrected chi connectivity index (χ1v) is 15.2. The molecule has 12 nitrogen and oxygen atoms in total. The van der Waals surface area contributed by atoms with E-state index in [1.165, 1.54) is 19.6 Å². The van der Waals surface area contributed by atoms with Gasteiger partial charge in [0.25, 0.3) is 0 Å². The van der Waals surface area contributed by atoms with Gasteiger partial charge < -0.3 is 30.0 Å². The van der Waals surface area contributed by atoms with Crippen LogP contribution in [0.5, 0.6) is 0 Å². The molecule has 3 fully saturated rings. The van der Waals surface area contributed by atoms with Crippen LogP contribution in [0.4, 0.5) is 0 Å². The Hall–Kier alpha value is -3.64. The standard InChI is InChI=1S/C32H41N3O9/c1-30-10-8-20(36)12-18(30)4-5-21-22-9-11-32(42,31(22,2)14-24(37)28(21)30)25(38)16-44-27(40)7-6-26(39)35-23(29(41)43-3)13-19-15-33-17-34-19/h8,10,12,15,17,21-24,28,37,42H,4-7,9,11,13-14,16H2,1-3H3,(H,33,34)(H,35,39)/t21?,22?,23?,24?,28?,30-,31-,32+/m0/s1. The minimum absolute atomic E-state index is 0.0295. The number of H-pyrrole nitrogens is 1. The summed E-state index contributed by atoms with van der Waals surface area (Å²) in [7, 11) is 1.20. The number of nitrogens with one attached hydrogen (secondary N) is 2. The molecule has 238 valence electrons. The summed E-state index contributed by atoms with van der Waals surface area (Å²) >= 11 is 0. The lowest BCUT2D eigenvalue weighted by molar-refractivity contribution is -0.181. The van der Waals surface area contributed by atoms with E-state index in [9.17, 15) is 34.2 Å². The number of amides is 1. The molecule has 1 aromatic heterocycles. The minimum Gasteiger partial charge on any atom is -0.467 e. The van der Waals surface area contributed by atoms with Gasteiger partial charge in [-0.15, -0.1) is 0 Å². The van der Waals surface area contributed by atoms with Crippen LogP contribution in [0.25, 0.3) is 0 Å². The van der Waals surface area contributed by atoms with E-state index in [-0.39, 0.29) is 55.6 Å². The molecule has 0 aromatic carbocycles. The molecule has 4 aliphatic rings. The third-order valence-electron chi connectivity index (χ3n) is 10.8. The van der Waals surface area contributed by atoms with E-state index in [1.54, 1.807) is 12.2 Å². The van der Waals surface area contributed by atoms with Crippen LogP contribution in [-0.4, -0.2) is 81.1 Å². The van der Waals surface area contributed by atoms with E-state index < -0.39 is 58.8 Å². The molecule has 1 amide bonds. The number of aliphatic hydroxyl groups excluding tert-OH is 1. The number of allylic oxidation sites excluding steroid dienone is 4. The molecular formula is C32H41N3O9. The Labute approximate surface area is 255 Å². The van der Waals surface area contributed by atoms with Gasteiger partial charge in [-0.25, -0.2) is 9.78 Å². The average molecular weight is 612 g/mol. The number of hydrogen-bond donors (Lipinski definition) is 4. The van der Waals surface area contributed by atoms with Crippen molar-refractivity contribution in [2.75, 3.05) is 13.7 Å². The van der Waals surface area contributed by atoms with Gasteiger partial charge in [-0.3, -0.25) is 19.2 Å². The van der Waals surface area contributed by atoms with Crippen LogP contribution < -0.4 is 5.32 Å². The predicted octanol–water partition coefficient (Wildman–Crippen LogP) is 1.51. The monoisotopic (exact) mass is 611 g/mol. The highest BCUT2D eigenvalue weighted by molar-refractivity contribution is 6.01. The third-order valence-corrected chi connectivity index (χ3v) is 10.8. The molecule has 0 aliphatic heterocycles. The molecule has 5 unspecified atom stereocenters. The van der Waals surface area contributed by atoms with Crippen molar-refractivity contribution in [1.29, 1.82) is 0 Å². The predicted molar refractivity (Wildman–Crippen MR) is 154 cm³/mol. The number of carbonyl (C=O) groups is 5. The second-order valence-corrected chi connectivity index (χ2v) is 13.1. The number of esters is 2. The lowest BCUT2D eigenvalue weighted by Gasteiger charge is -2.59. The number of aromatic nitrogens is 2. The molecule has 5 rings (SSSR count). The number of methoxy groups -OCH3 is 1. The maximum absolute atomic E-state index is 13.5. The van der Waals surface area contributed by atoms with Gasteiger partial charge >= 0.3 is 11.9 Å². The number of rotatable bonds is 10. The topological polar surface area (TPSA) is 185 Å².